The Morgan fingerprint density at radius 3 is 2.20 bits per heavy atom. The third kappa shape index (κ3) is 4.03. The summed E-state index contributed by atoms with van der Waals surface area (Å²) in [6, 6.07) is 4.97. The zero-order chi connectivity index (χ0) is 13.9. The highest BCUT2D eigenvalue weighted by Crippen LogP contribution is 2.50. The van der Waals surface area contributed by atoms with E-state index in [0.29, 0.717) is 0 Å². The first kappa shape index (κ1) is 17.1. The Hall–Kier alpha value is -0.940. The molecule has 1 unspecified atom stereocenters. The molecule has 20 heavy (non-hydrogen) atoms. The molecule has 1 atom stereocenters. The van der Waals surface area contributed by atoms with Gasteiger partial charge in [0, 0.05) is 6.04 Å². The molecule has 1 saturated heterocycles. The van der Waals surface area contributed by atoms with Crippen molar-refractivity contribution in [1.82, 2.24) is 5.32 Å². The lowest BCUT2D eigenvalue weighted by molar-refractivity contribution is -0.143. The molecule has 3 heterocycles. The summed E-state index contributed by atoms with van der Waals surface area (Å²) in [6.07, 6.45) is 1.25. The Labute approximate surface area is 123 Å². The van der Waals surface area contributed by atoms with Crippen LogP contribution in [0.3, 0.4) is 0 Å². The number of halogens is 4. The molecule has 0 aliphatic carbocycles. The second kappa shape index (κ2) is 7.18. The number of fused-ring (bicyclic) bond motifs is 2. The number of rotatable bonds is 1. The molecule has 3 aliphatic heterocycles. The Kier molecular flexibility index (Phi) is 6.14. The Morgan fingerprint density at radius 1 is 1.25 bits per heavy atom. The highest BCUT2D eigenvalue weighted by atomic mass is 35.5. The summed E-state index contributed by atoms with van der Waals surface area (Å²) < 4.78 is 40.7. The average Bonchev–Trinajstić information content (AvgIpc) is 2.39. The van der Waals surface area contributed by atoms with Crippen LogP contribution < -0.4 is 10.1 Å². The van der Waals surface area contributed by atoms with Crippen LogP contribution in [0.15, 0.2) is 18.2 Å². The fraction of sp³-hybridized carbons (Fsp3) is 0.571. The van der Waals surface area contributed by atoms with Crippen LogP contribution in [0.2, 0.25) is 0 Å². The summed E-state index contributed by atoms with van der Waals surface area (Å²) in [6.45, 7) is 3.50. The molecular weight excluding hydrogens is 291 g/mol. The van der Waals surface area contributed by atoms with Gasteiger partial charge in [0.15, 0.2) is 0 Å². The molecule has 1 aromatic rings. The highest BCUT2D eigenvalue weighted by molar-refractivity contribution is 5.85. The molecule has 1 fully saturated rings. The van der Waals surface area contributed by atoms with Gasteiger partial charge in [-0.15, -0.1) is 12.4 Å². The maximum Gasteiger partial charge on any atom is 0.423 e. The zero-order valence-electron chi connectivity index (χ0n) is 11.3. The van der Waals surface area contributed by atoms with Crippen molar-refractivity contribution in [2.45, 2.75) is 44.8 Å². The van der Waals surface area contributed by atoms with Crippen LogP contribution in [0.4, 0.5) is 13.2 Å². The van der Waals surface area contributed by atoms with Gasteiger partial charge < -0.3 is 10.1 Å². The first-order chi connectivity index (χ1) is 9.02. The summed E-state index contributed by atoms with van der Waals surface area (Å²) >= 11 is 0. The van der Waals surface area contributed by atoms with Crippen molar-refractivity contribution in [3.8, 4) is 11.5 Å². The van der Waals surface area contributed by atoms with Gasteiger partial charge in [0.25, 0.3) is 0 Å². The van der Waals surface area contributed by atoms with E-state index in [0.717, 1.165) is 6.04 Å². The van der Waals surface area contributed by atoms with Gasteiger partial charge in [-0.3, -0.25) is 0 Å². The van der Waals surface area contributed by atoms with E-state index < -0.39 is 11.7 Å². The van der Waals surface area contributed by atoms with Crippen LogP contribution in [0, 0.1) is 0 Å². The van der Waals surface area contributed by atoms with Crippen molar-refractivity contribution >= 4 is 12.4 Å². The number of hydrogen-bond acceptors (Lipinski definition) is 2. The van der Waals surface area contributed by atoms with Gasteiger partial charge in [0.2, 0.25) is 0 Å². The molecule has 2 bridgehead atoms. The number of piperidine rings is 1. The number of alkyl halides is 3. The van der Waals surface area contributed by atoms with Gasteiger partial charge in [-0.1, -0.05) is 19.4 Å². The van der Waals surface area contributed by atoms with Crippen molar-refractivity contribution < 1.29 is 17.9 Å². The maximum absolute atomic E-state index is 12.0. The summed E-state index contributed by atoms with van der Waals surface area (Å²) in [7, 11) is 0. The molecular formula is C14H19ClF3NO. The normalized spacial score (nSPS) is 19.7. The fourth-order valence-electron chi connectivity index (χ4n) is 2.31. The Balaban J connectivity index is 0.000000200. The third-order valence-corrected chi connectivity index (χ3v) is 3.40. The molecule has 3 aliphatic rings. The lowest BCUT2D eigenvalue weighted by Crippen LogP contribution is -2.32. The van der Waals surface area contributed by atoms with E-state index in [9.17, 15) is 13.2 Å². The number of benzene rings is 1. The topological polar surface area (TPSA) is 21.3 Å². The molecule has 0 spiro atoms. The first-order valence-corrected chi connectivity index (χ1v) is 6.64. The summed E-state index contributed by atoms with van der Waals surface area (Å²) in [5, 5.41) is 3.47. The standard InChI is InChI=1S/C7H3F3O.C7H15N.ClH/c8-7(9,10)6-4-2-1-3-5(6)11-4;1-2-7-5-3-4-6-8-7;/h1-3H;7-8H,2-6H2,1H3;1H. The first-order valence-electron chi connectivity index (χ1n) is 6.64. The maximum atomic E-state index is 12.0. The predicted molar refractivity (Wildman–Crippen MR) is 74.7 cm³/mol. The predicted octanol–water partition coefficient (Wildman–Crippen LogP) is 4.77. The minimum absolute atomic E-state index is 0. The van der Waals surface area contributed by atoms with Gasteiger partial charge >= 0.3 is 6.18 Å². The van der Waals surface area contributed by atoms with Crippen LogP contribution in [0.5, 0.6) is 11.5 Å². The van der Waals surface area contributed by atoms with Crippen LogP contribution in [0.1, 0.15) is 38.2 Å². The van der Waals surface area contributed by atoms with Crippen LogP contribution in [-0.4, -0.2) is 12.6 Å². The van der Waals surface area contributed by atoms with Gasteiger partial charge in [0.1, 0.15) is 17.1 Å². The second-order valence-corrected chi connectivity index (χ2v) is 4.78. The molecule has 0 saturated carbocycles. The van der Waals surface area contributed by atoms with Crippen molar-refractivity contribution in [1.29, 1.82) is 0 Å². The molecule has 0 amide bonds. The van der Waals surface area contributed by atoms with E-state index in [4.69, 9.17) is 0 Å². The van der Waals surface area contributed by atoms with E-state index in [1.165, 1.54) is 50.4 Å². The Morgan fingerprint density at radius 2 is 1.90 bits per heavy atom. The van der Waals surface area contributed by atoms with E-state index in [-0.39, 0.29) is 23.9 Å². The fourth-order valence-corrected chi connectivity index (χ4v) is 2.31. The summed E-state index contributed by atoms with van der Waals surface area (Å²) in [4.78, 5) is 0. The molecule has 2 nitrogen and oxygen atoms in total. The summed E-state index contributed by atoms with van der Waals surface area (Å²) in [5.41, 5.74) is -0.639. The highest BCUT2D eigenvalue weighted by Gasteiger charge is 2.43. The van der Waals surface area contributed by atoms with Gasteiger partial charge in [-0.2, -0.15) is 13.2 Å². The molecule has 4 rings (SSSR count). The molecule has 0 radical (unpaired) electrons. The van der Waals surface area contributed by atoms with Crippen LogP contribution in [-0.2, 0) is 6.18 Å². The van der Waals surface area contributed by atoms with Crippen molar-refractivity contribution in [2.75, 3.05) is 6.54 Å². The Bertz CT molecular complexity index is 411. The number of nitrogens with one attached hydrogen (secondary N) is 1. The monoisotopic (exact) mass is 309 g/mol. The second-order valence-electron chi connectivity index (χ2n) is 4.78. The average molecular weight is 310 g/mol. The molecule has 0 aromatic heterocycles. The van der Waals surface area contributed by atoms with E-state index in [1.807, 2.05) is 0 Å². The minimum Gasteiger partial charge on any atom is -0.456 e. The molecule has 6 heteroatoms. The SMILES string of the molecule is CCC1CCCCN1.Cl.FC(F)(F)c1c2cccc1O2. The van der Waals surface area contributed by atoms with E-state index in [2.05, 4.69) is 17.0 Å². The van der Waals surface area contributed by atoms with Crippen molar-refractivity contribution in [3.63, 3.8) is 0 Å². The zero-order valence-corrected chi connectivity index (χ0v) is 12.1. The van der Waals surface area contributed by atoms with Crippen molar-refractivity contribution in [2.24, 2.45) is 0 Å². The number of ether oxygens (including phenoxy) is 1. The van der Waals surface area contributed by atoms with E-state index >= 15 is 0 Å². The smallest absolute Gasteiger partial charge is 0.423 e. The molecule has 1 N–H and O–H groups in total. The van der Waals surface area contributed by atoms with Gasteiger partial charge in [-0.05, 0) is 37.9 Å². The lowest BCUT2D eigenvalue weighted by atomic mass is 10.0. The van der Waals surface area contributed by atoms with Crippen LogP contribution in [0.25, 0.3) is 0 Å². The van der Waals surface area contributed by atoms with Crippen LogP contribution >= 0.6 is 12.4 Å². The third-order valence-electron chi connectivity index (χ3n) is 3.40. The minimum atomic E-state index is -4.27. The molecule has 1 aromatic carbocycles. The van der Waals surface area contributed by atoms with E-state index in [1.54, 1.807) is 0 Å². The van der Waals surface area contributed by atoms with Gasteiger partial charge in [-0.25, -0.2) is 0 Å². The largest absolute Gasteiger partial charge is 0.456 e. The molecule has 114 valence electrons. The van der Waals surface area contributed by atoms with Crippen molar-refractivity contribution in [3.05, 3.63) is 23.8 Å². The summed E-state index contributed by atoms with van der Waals surface area (Å²) in [5.74, 6) is -0.148. The quantitative estimate of drug-likeness (QED) is 0.819. The lowest BCUT2D eigenvalue weighted by Gasteiger charge is -2.24. The van der Waals surface area contributed by atoms with Gasteiger partial charge in [0.05, 0.1) is 0 Å². The number of hydrogen-bond donors (Lipinski definition) is 1.